The van der Waals surface area contributed by atoms with Crippen molar-refractivity contribution in [2.75, 3.05) is 0 Å². The van der Waals surface area contributed by atoms with Gasteiger partial charge in [0.25, 0.3) is 0 Å². The third-order valence-corrected chi connectivity index (χ3v) is 5.48. The molecule has 11 nitrogen and oxygen atoms in total. The summed E-state index contributed by atoms with van der Waals surface area (Å²) in [6.45, 7) is 5.01. The van der Waals surface area contributed by atoms with Crippen LogP contribution >= 0.6 is 0 Å². The molecule has 0 spiro atoms. The van der Waals surface area contributed by atoms with Gasteiger partial charge in [-0.15, -0.1) is 0 Å². The van der Waals surface area contributed by atoms with Gasteiger partial charge in [-0.1, -0.05) is 50.6 Å². The molecule has 8 N–H and O–H groups in total. The van der Waals surface area contributed by atoms with Crippen molar-refractivity contribution in [2.45, 2.75) is 70.6 Å². The molecule has 1 aromatic carbocycles. The van der Waals surface area contributed by atoms with Crippen molar-refractivity contribution >= 4 is 29.6 Å². The summed E-state index contributed by atoms with van der Waals surface area (Å²) in [6, 6.07) is 4.62. The Labute approximate surface area is 199 Å². The third kappa shape index (κ3) is 9.57. The summed E-state index contributed by atoms with van der Waals surface area (Å²) in [5.41, 5.74) is 11.5. The smallest absolute Gasteiger partial charge is 0.326 e. The molecule has 5 atom stereocenters. The standard InChI is InChI=1S/C23H35N5O6/c1-4-13(2)19(22(32)27-17(23(33)34)12-15-8-6-5-7-9-15)28-20(30)14(3)26-21(31)16(24)10-11-18(25)29/h5-9,13-14,16-17,19H,4,10-12,24H2,1-3H3,(H2,25,29)(H,26,31)(H,27,32)(H,28,30)(H,33,34). The van der Waals surface area contributed by atoms with Crippen LogP contribution in [0.4, 0.5) is 0 Å². The van der Waals surface area contributed by atoms with Crippen molar-refractivity contribution in [1.82, 2.24) is 16.0 Å². The molecule has 0 aliphatic carbocycles. The average molecular weight is 478 g/mol. The highest BCUT2D eigenvalue weighted by Crippen LogP contribution is 2.10. The van der Waals surface area contributed by atoms with Gasteiger partial charge in [-0.3, -0.25) is 19.2 Å². The summed E-state index contributed by atoms with van der Waals surface area (Å²) >= 11 is 0. The molecule has 0 aliphatic rings. The molecule has 0 saturated carbocycles. The zero-order valence-corrected chi connectivity index (χ0v) is 19.7. The Bertz CT molecular complexity index is 863. The molecule has 0 bridgehead atoms. The quantitative estimate of drug-likeness (QED) is 0.206. The largest absolute Gasteiger partial charge is 0.480 e. The van der Waals surface area contributed by atoms with Crippen LogP contribution in [-0.4, -0.2) is 58.9 Å². The molecule has 1 rings (SSSR count). The Hall–Kier alpha value is -3.47. The maximum Gasteiger partial charge on any atom is 0.326 e. The molecule has 0 fully saturated rings. The normalized spacial score (nSPS) is 15.2. The Morgan fingerprint density at radius 1 is 0.941 bits per heavy atom. The van der Waals surface area contributed by atoms with Gasteiger partial charge in [0.2, 0.25) is 23.6 Å². The Morgan fingerprint density at radius 3 is 2.09 bits per heavy atom. The van der Waals surface area contributed by atoms with Crippen molar-refractivity contribution in [1.29, 1.82) is 0 Å². The molecule has 1 aromatic rings. The third-order valence-electron chi connectivity index (χ3n) is 5.48. The minimum atomic E-state index is -1.20. The number of nitrogens with two attached hydrogens (primary N) is 2. The van der Waals surface area contributed by atoms with Gasteiger partial charge in [-0.05, 0) is 24.8 Å². The highest BCUT2D eigenvalue weighted by Gasteiger charge is 2.31. The van der Waals surface area contributed by atoms with Crippen LogP contribution in [0.1, 0.15) is 45.6 Å². The number of nitrogens with one attached hydrogen (secondary N) is 3. The summed E-state index contributed by atoms with van der Waals surface area (Å²) in [4.78, 5) is 60.4. The zero-order chi connectivity index (χ0) is 25.8. The first-order valence-electron chi connectivity index (χ1n) is 11.2. The van der Waals surface area contributed by atoms with E-state index < -0.39 is 53.8 Å². The molecular formula is C23H35N5O6. The van der Waals surface area contributed by atoms with E-state index in [1.165, 1.54) is 6.92 Å². The van der Waals surface area contributed by atoms with E-state index in [2.05, 4.69) is 16.0 Å². The van der Waals surface area contributed by atoms with E-state index in [1.807, 2.05) is 6.92 Å². The average Bonchev–Trinajstić information content (AvgIpc) is 2.80. The second-order valence-electron chi connectivity index (χ2n) is 8.30. The second-order valence-corrected chi connectivity index (χ2v) is 8.30. The van der Waals surface area contributed by atoms with Crippen LogP contribution in [0.25, 0.3) is 0 Å². The molecule has 34 heavy (non-hydrogen) atoms. The van der Waals surface area contributed by atoms with Gasteiger partial charge in [0.1, 0.15) is 18.1 Å². The maximum atomic E-state index is 12.9. The summed E-state index contributed by atoms with van der Waals surface area (Å²) in [5, 5.41) is 17.1. The van der Waals surface area contributed by atoms with Crippen LogP contribution < -0.4 is 27.4 Å². The van der Waals surface area contributed by atoms with Gasteiger partial charge >= 0.3 is 5.97 Å². The van der Waals surface area contributed by atoms with Crippen LogP contribution in [-0.2, 0) is 30.4 Å². The number of amides is 4. The maximum absolute atomic E-state index is 12.9. The van der Waals surface area contributed by atoms with Gasteiger partial charge < -0.3 is 32.5 Å². The molecule has 0 aromatic heterocycles. The van der Waals surface area contributed by atoms with Crippen molar-refractivity contribution < 1.29 is 29.1 Å². The first-order chi connectivity index (χ1) is 16.0. The fraction of sp³-hybridized carbons (Fsp3) is 0.522. The monoisotopic (exact) mass is 477 g/mol. The number of carboxylic acid groups (broad SMARTS) is 1. The van der Waals surface area contributed by atoms with Gasteiger partial charge in [-0.25, -0.2) is 4.79 Å². The Balaban J connectivity index is 2.82. The van der Waals surface area contributed by atoms with Crippen molar-refractivity contribution in [3.8, 4) is 0 Å². The summed E-state index contributed by atoms with van der Waals surface area (Å²) in [6.07, 6.45) is 0.580. The van der Waals surface area contributed by atoms with Crippen LogP contribution in [0.5, 0.6) is 0 Å². The van der Waals surface area contributed by atoms with Crippen molar-refractivity contribution in [3.63, 3.8) is 0 Å². The number of hydrogen-bond acceptors (Lipinski definition) is 6. The minimum absolute atomic E-state index is 0.0331. The molecule has 4 amide bonds. The fourth-order valence-corrected chi connectivity index (χ4v) is 3.11. The van der Waals surface area contributed by atoms with E-state index in [9.17, 15) is 29.1 Å². The summed E-state index contributed by atoms with van der Waals surface area (Å²) < 4.78 is 0. The number of primary amides is 1. The molecule has 188 valence electrons. The first-order valence-corrected chi connectivity index (χ1v) is 11.2. The SMILES string of the molecule is CCC(C)C(NC(=O)C(C)NC(=O)C(N)CCC(N)=O)C(=O)NC(Cc1ccccc1)C(=O)O. The number of rotatable bonds is 14. The van der Waals surface area contributed by atoms with Crippen molar-refractivity contribution in [3.05, 3.63) is 35.9 Å². The highest BCUT2D eigenvalue weighted by atomic mass is 16.4. The Kier molecular flexibility index (Phi) is 11.7. The lowest BCUT2D eigenvalue weighted by atomic mass is 9.97. The molecule has 11 heteroatoms. The molecule has 0 heterocycles. The van der Waals surface area contributed by atoms with Gasteiger partial charge in [0.05, 0.1) is 6.04 Å². The van der Waals surface area contributed by atoms with E-state index in [4.69, 9.17) is 11.5 Å². The topological polar surface area (TPSA) is 194 Å². The van der Waals surface area contributed by atoms with E-state index >= 15 is 0 Å². The number of hydrogen-bond donors (Lipinski definition) is 6. The predicted octanol–water partition coefficient (Wildman–Crippen LogP) is -0.573. The molecule has 0 aliphatic heterocycles. The fourth-order valence-electron chi connectivity index (χ4n) is 3.11. The van der Waals surface area contributed by atoms with Gasteiger partial charge in [0.15, 0.2) is 0 Å². The number of carboxylic acids is 1. The highest BCUT2D eigenvalue weighted by molar-refractivity contribution is 5.94. The minimum Gasteiger partial charge on any atom is -0.480 e. The zero-order valence-electron chi connectivity index (χ0n) is 19.7. The van der Waals surface area contributed by atoms with E-state index in [1.54, 1.807) is 37.3 Å². The van der Waals surface area contributed by atoms with Crippen LogP contribution in [0, 0.1) is 5.92 Å². The van der Waals surface area contributed by atoms with E-state index in [0.717, 1.165) is 5.56 Å². The van der Waals surface area contributed by atoms with Gasteiger partial charge in [0, 0.05) is 12.8 Å². The number of aliphatic carboxylic acids is 1. The second kappa shape index (κ2) is 13.9. The number of carbonyl (C=O) groups excluding carboxylic acids is 4. The molecule has 0 saturated heterocycles. The molecular weight excluding hydrogens is 442 g/mol. The van der Waals surface area contributed by atoms with Gasteiger partial charge in [-0.2, -0.15) is 0 Å². The predicted molar refractivity (Wildman–Crippen MR) is 125 cm³/mol. The lowest BCUT2D eigenvalue weighted by Gasteiger charge is -2.27. The van der Waals surface area contributed by atoms with E-state index in [-0.39, 0.29) is 25.2 Å². The number of benzene rings is 1. The van der Waals surface area contributed by atoms with Crippen LogP contribution in [0.3, 0.4) is 0 Å². The summed E-state index contributed by atoms with van der Waals surface area (Å²) in [5.74, 6) is -4.01. The van der Waals surface area contributed by atoms with Crippen molar-refractivity contribution in [2.24, 2.45) is 17.4 Å². The molecule has 0 radical (unpaired) electrons. The Morgan fingerprint density at radius 2 is 1.56 bits per heavy atom. The lowest BCUT2D eigenvalue weighted by molar-refractivity contribution is -0.142. The van der Waals surface area contributed by atoms with Crippen LogP contribution in [0.2, 0.25) is 0 Å². The lowest BCUT2D eigenvalue weighted by Crippen LogP contribution is -2.58. The van der Waals surface area contributed by atoms with Crippen LogP contribution in [0.15, 0.2) is 30.3 Å². The van der Waals surface area contributed by atoms with E-state index in [0.29, 0.717) is 6.42 Å². The number of carbonyl (C=O) groups is 5. The molecule has 5 unspecified atom stereocenters. The first kappa shape index (κ1) is 28.6. The summed E-state index contributed by atoms with van der Waals surface area (Å²) in [7, 11) is 0.